The molecule has 0 atom stereocenters. The van der Waals surface area contributed by atoms with E-state index in [1.807, 2.05) is 36.5 Å². The molecule has 0 aromatic rings. The lowest BCUT2D eigenvalue weighted by molar-refractivity contribution is 0.284. The first-order chi connectivity index (χ1) is 13.5. The van der Waals surface area contributed by atoms with Crippen molar-refractivity contribution in [3.8, 4) is 0 Å². The molecule has 28 heavy (non-hydrogen) atoms. The maximum atomic E-state index is 6.82. The number of hydrogen-bond donors (Lipinski definition) is 0. The van der Waals surface area contributed by atoms with Gasteiger partial charge in [-0.1, -0.05) is 36.5 Å². The van der Waals surface area contributed by atoms with Gasteiger partial charge in [-0.3, -0.25) is 0 Å². The zero-order chi connectivity index (χ0) is 20.9. The first kappa shape index (κ1) is 24.3. The Kier molecular flexibility index (Phi) is 10.9. The molecule has 0 saturated heterocycles. The van der Waals surface area contributed by atoms with Crippen LogP contribution in [0.25, 0.3) is 0 Å². The Labute approximate surface area is 175 Å². The fourth-order valence-electron chi connectivity index (χ4n) is 3.92. The fraction of sp³-hybridized carbons (Fsp3) is 0.417. The molecule has 1 rings (SSSR count). The molecule has 0 aromatic heterocycles. The summed E-state index contributed by atoms with van der Waals surface area (Å²) in [4.78, 5) is 0. The van der Waals surface area contributed by atoms with Crippen LogP contribution in [0.1, 0.15) is 25.7 Å². The molecular weight excluding hydrogens is 376 g/mol. The van der Waals surface area contributed by atoms with Gasteiger partial charge in [0.15, 0.2) is 0 Å². The predicted octanol–water partition coefficient (Wildman–Crippen LogP) is 7.81. The van der Waals surface area contributed by atoms with Gasteiger partial charge in [-0.2, -0.15) is 0 Å². The predicted molar refractivity (Wildman–Crippen MR) is 129 cm³/mol. The Balaban J connectivity index is 3.28. The minimum absolute atomic E-state index is 0.885. The lowest BCUT2D eigenvalue weighted by atomic mass is 10.1. The first-order valence-corrected chi connectivity index (χ1v) is 15.4. The van der Waals surface area contributed by atoms with Gasteiger partial charge in [-0.05, 0) is 49.1 Å². The molecule has 0 unspecified atom stereocenters. The summed E-state index contributed by atoms with van der Waals surface area (Å²) in [6, 6.07) is 5.31. The molecule has 2 nitrogen and oxygen atoms in total. The summed E-state index contributed by atoms with van der Waals surface area (Å²) >= 11 is 0. The fourth-order valence-corrected chi connectivity index (χ4v) is 10.1. The summed E-state index contributed by atoms with van der Waals surface area (Å²) < 4.78 is 13.6. The molecule has 0 aromatic carbocycles. The van der Waals surface area contributed by atoms with Crippen molar-refractivity contribution in [2.45, 2.75) is 61.9 Å². The average Bonchev–Trinajstić information content (AvgIpc) is 2.65. The van der Waals surface area contributed by atoms with Gasteiger partial charge in [0.2, 0.25) is 0 Å². The second kappa shape index (κ2) is 12.6. The van der Waals surface area contributed by atoms with Crippen LogP contribution in [0.5, 0.6) is 0 Å². The highest BCUT2D eigenvalue weighted by Crippen LogP contribution is 2.37. The lowest BCUT2D eigenvalue weighted by Gasteiger charge is -2.37. The van der Waals surface area contributed by atoms with Crippen molar-refractivity contribution in [2.75, 3.05) is 0 Å². The molecule has 0 spiro atoms. The van der Waals surface area contributed by atoms with E-state index < -0.39 is 16.6 Å². The van der Waals surface area contributed by atoms with E-state index in [4.69, 9.17) is 8.85 Å². The Morgan fingerprint density at radius 2 is 0.786 bits per heavy atom. The molecule has 1 aliphatic rings. The molecular formula is C24H38O2Si2. The molecule has 1 aliphatic carbocycles. The van der Waals surface area contributed by atoms with Crippen LogP contribution >= 0.6 is 0 Å². The van der Waals surface area contributed by atoms with E-state index >= 15 is 0 Å². The van der Waals surface area contributed by atoms with Crippen molar-refractivity contribution in [3.05, 3.63) is 87.4 Å². The van der Waals surface area contributed by atoms with Crippen molar-refractivity contribution in [1.82, 2.24) is 0 Å². The summed E-state index contributed by atoms with van der Waals surface area (Å²) in [6.45, 7) is 23.8. The Hall–Kier alpha value is -1.79. The van der Waals surface area contributed by atoms with Gasteiger partial charge in [-0.15, -0.1) is 39.5 Å². The Morgan fingerprint density at radius 3 is 1.00 bits per heavy atom. The minimum atomic E-state index is -2.09. The highest BCUT2D eigenvalue weighted by atomic mass is 28.4. The largest absolute Gasteiger partial charge is 0.543 e. The molecule has 0 amide bonds. The molecule has 0 fully saturated rings. The van der Waals surface area contributed by atoms with Gasteiger partial charge >= 0.3 is 0 Å². The van der Waals surface area contributed by atoms with E-state index in [-0.39, 0.29) is 0 Å². The van der Waals surface area contributed by atoms with Crippen molar-refractivity contribution in [3.63, 3.8) is 0 Å². The summed E-state index contributed by atoms with van der Waals surface area (Å²) in [6.07, 6.45) is 16.1. The summed E-state index contributed by atoms with van der Waals surface area (Å²) in [5.74, 6) is 2.11. The van der Waals surface area contributed by atoms with Crippen LogP contribution in [0.2, 0.25) is 36.3 Å². The topological polar surface area (TPSA) is 18.5 Å². The van der Waals surface area contributed by atoms with Crippen LogP contribution in [-0.2, 0) is 8.85 Å². The first-order valence-electron chi connectivity index (χ1n) is 10.3. The van der Waals surface area contributed by atoms with E-state index in [0.29, 0.717) is 0 Å². The standard InChI is InChI=1S/C24H38O2Si2/c1-7-17-27(18-8-2,19-9-3)25-23-15-13-14-16-24(23)26-28(20-10-4,21-11-5)22-12-6/h7-12H,1-6,13-22H2. The van der Waals surface area contributed by atoms with Gasteiger partial charge in [0, 0.05) is 12.8 Å². The highest BCUT2D eigenvalue weighted by molar-refractivity contribution is 6.76. The van der Waals surface area contributed by atoms with Gasteiger partial charge in [-0.25, -0.2) is 0 Å². The smallest absolute Gasteiger partial charge is 0.262 e. The van der Waals surface area contributed by atoms with E-state index in [0.717, 1.165) is 73.5 Å². The van der Waals surface area contributed by atoms with Crippen LogP contribution in [-0.4, -0.2) is 16.6 Å². The van der Waals surface area contributed by atoms with Gasteiger partial charge in [0.25, 0.3) is 16.6 Å². The normalized spacial score (nSPS) is 14.7. The SMILES string of the molecule is C=CC[Si](CC=C)(CC=C)OC1=C(O[Si](CC=C)(CC=C)CC=C)CCCC1. The molecule has 0 heterocycles. The second-order valence-electron chi connectivity index (χ2n) is 7.58. The van der Waals surface area contributed by atoms with Crippen LogP contribution in [0.15, 0.2) is 87.4 Å². The molecule has 154 valence electrons. The Bertz CT molecular complexity index is 499. The van der Waals surface area contributed by atoms with E-state index in [1.165, 1.54) is 0 Å². The third-order valence-electron chi connectivity index (χ3n) is 5.15. The maximum absolute atomic E-state index is 6.82. The van der Waals surface area contributed by atoms with Crippen molar-refractivity contribution < 1.29 is 8.85 Å². The average molecular weight is 415 g/mol. The molecule has 0 N–H and O–H groups in total. The minimum Gasteiger partial charge on any atom is -0.543 e. The molecule has 0 saturated carbocycles. The van der Waals surface area contributed by atoms with Crippen LogP contribution in [0.4, 0.5) is 0 Å². The summed E-state index contributed by atoms with van der Waals surface area (Å²) in [7, 11) is -4.19. The van der Waals surface area contributed by atoms with Crippen molar-refractivity contribution in [1.29, 1.82) is 0 Å². The third-order valence-corrected chi connectivity index (χ3v) is 12.7. The summed E-state index contributed by atoms with van der Waals surface area (Å²) in [5.41, 5.74) is 0. The quantitative estimate of drug-likeness (QED) is 0.189. The molecule has 4 heteroatoms. The second-order valence-corrected chi connectivity index (χ2v) is 15.2. The summed E-state index contributed by atoms with van der Waals surface area (Å²) in [5, 5.41) is 0. The van der Waals surface area contributed by atoms with Gasteiger partial charge < -0.3 is 8.85 Å². The van der Waals surface area contributed by atoms with Crippen LogP contribution in [0.3, 0.4) is 0 Å². The van der Waals surface area contributed by atoms with E-state index in [9.17, 15) is 0 Å². The van der Waals surface area contributed by atoms with Gasteiger partial charge in [0.1, 0.15) is 11.5 Å². The monoisotopic (exact) mass is 414 g/mol. The third kappa shape index (κ3) is 6.99. The van der Waals surface area contributed by atoms with E-state index in [1.54, 1.807) is 0 Å². The van der Waals surface area contributed by atoms with Crippen LogP contribution in [0, 0.1) is 0 Å². The van der Waals surface area contributed by atoms with Crippen molar-refractivity contribution in [2.24, 2.45) is 0 Å². The van der Waals surface area contributed by atoms with Crippen molar-refractivity contribution >= 4 is 16.6 Å². The zero-order valence-electron chi connectivity index (χ0n) is 17.6. The number of allylic oxidation sites excluding steroid dienone is 8. The number of hydrogen-bond acceptors (Lipinski definition) is 2. The lowest BCUT2D eigenvalue weighted by Crippen LogP contribution is -2.39. The number of rotatable bonds is 16. The highest BCUT2D eigenvalue weighted by Gasteiger charge is 2.38. The Morgan fingerprint density at radius 1 is 0.536 bits per heavy atom. The van der Waals surface area contributed by atoms with Gasteiger partial charge in [0.05, 0.1) is 0 Å². The molecule has 0 radical (unpaired) electrons. The maximum Gasteiger partial charge on any atom is 0.262 e. The van der Waals surface area contributed by atoms with E-state index in [2.05, 4.69) is 39.5 Å². The molecule has 0 aliphatic heterocycles. The zero-order valence-corrected chi connectivity index (χ0v) is 19.6. The van der Waals surface area contributed by atoms with Crippen LogP contribution < -0.4 is 0 Å². The molecule has 0 bridgehead atoms.